The molecule has 0 unspecified atom stereocenters. The van der Waals surface area contributed by atoms with Crippen molar-refractivity contribution >= 4 is 29.3 Å². The third kappa shape index (κ3) is 3.22. The molecule has 1 N–H and O–H groups in total. The highest BCUT2D eigenvalue weighted by molar-refractivity contribution is 7.99. The second-order valence-electron chi connectivity index (χ2n) is 3.70. The van der Waals surface area contributed by atoms with Crippen LogP contribution in [0.4, 0.5) is 0 Å². The van der Waals surface area contributed by atoms with Crippen LogP contribution in [0.3, 0.4) is 0 Å². The van der Waals surface area contributed by atoms with Crippen molar-refractivity contribution in [1.29, 1.82) is 0 Å². The summed E-state index contributed by atoms with van der Waals surface area (Å²) in [6.45, 7) is 0. The maximum Gasteiger partial charge on any atom is 0.336 e. The number of hydrogen-bond donors (Lipinski definition) is 1. The number of hydrogen-bond acceptors (Lipinski definition) is 3. The van der Waals surface area contributed by atoms with Crippen molar-refractivity contribution in [1.82, 2.24) is 0 Å². The van der Waals surface area contributed by atoms with Crippen LogP contribution in [0.2, 0.25) is 5.02 Å². The van der Waals surface area contributed by atoms with Crippen LogP contribution in [0.15, 0.2) is 52.3 Å². The molecule has 0 amide bonds. The van der Waals surface area contributed by atoms with Gasteiger partial charge in [0.2, 0.25) is 0 Å². The summed E-state index contributed by atoms with van der Waals surface area (Å²) in [5.74, 6) is -0.364. The number of aromatic carboxylic acids is 1. The monoisotopic (exact) mass is 294 g/mol. The minimum Gasteiger partial charge on any atom is -0.497 e. The van der Waals surface area contributed by atoms with Crippen LogP contribution in [-0.2, 0) is 0 Å². The first-order chi connectivity index (χ1) is 9.11. The van der Waals surface area contributed by atoms with E-state index >= 15 is 0 Å². The summed E-state index contributed by atoms with van der Waals surface area (Å²) in [6.07, 6.45) is 0. The predicted molar refractivity (Wildman–Crippen MR) is 75.5 cm³/mol. The lowest BCUT2D eigenvalue weighted by Gasteiger charge is -2.09. The minimum absolute atomic E-state index is 0.228. The van der Waals surface area contributed by atoms with Crippen LogP contribution in [-0.4, -0.2) is 18.2 Å². The molecule has 0 saturated heterocycles. The van der Waals surface area contributed by atoms with E-state index in [0.29, 0.717) is 15.7 Å². The third-order valence-corrected chi connectivity index (χ3v) is 4.05. The minimum atomic E-state index is -0.975. The van der Waals surface area contributed by atoms with Gasteiger partial charge in [-0.1, -0.05) is 35.5 Å². The van der Waals surface area contributed by atoms with Gasteiger partial charge in [-0.3, -0.25) is 0 Å². The molecule has 0 saturated carbocycles. The first-order valence-corrected chi connectivity index (χ1v) is 6.65. The Balaban J connectivity index is 2.43. The summed E-state index contributed by atoms with van der Waals surface area (Å²) in [5, 5.41) is 9.78. The highest BCUT2D eigenvalue weighted by atomic mass is 35.5. The van der Waals surface area contributed by atoms with Crippen LogP contribution >= 0.6 is 23.4 Å². The summed E-state index contributed by atoms with van der Waals surface area (Å²) in [6, 6.07) is 12.1. The van der Waals surface area contributed by atoms with Crippen molar-refractivity contribution in [3.63, 3.8) is 0 Å². The van der Waals surface area contributed by atoms with E-state index in [-0.39, 0.29) is 5.56 Å². The zero-order valence-corrected chi connectivity index (χ0v) is 11.7. The average molecular weight is 295 g/mol. The first-order valence-electron chi connectivity index (χ1n) is 5.45. The molecule has 5 heteroatoms. The van der Waals surface area contributed by atoms with Gasteiger partial charge < -0.3 is 9.84 Å². The molecule has 0 bridgehead atoms. The van der Waals surface area contributed by atoms with E-state index in [4.69, 9.17) is 16.3 Å². The standard InChI is InChI=1S/C14H11ClO3S/c1-18-9-6-7-10(14(16)17)13(8-9)19-12-5-3-2-4-11(12)15/h2-8H,1H3,(H,16,17). The Bertz CT molecular complexity index is 613. The molecule has 2 aromatic carbocycles. The molecule has 98 valence electrons. The molecule has 0 aliphatic carbocycles. The Hall–Kier alpha value is -1.65. The molecule has 2 rings (SSSR count). The van der Waals surface area contributed by atoms with Crippen molar-refractivity contribution in [2.75, 3.05) is 7.11 Å². The van der Waals surface area contributed by atoms with Gasteiger partial charge in [0.15, 0.2) is 0 Å². The van der Waals surface area contributed by atoms with E-state index in [2.05, 4.69) is 0 Å². The third-order valence-electron chi connectivity index (χ3n) is 2.48. The number of rotatable bonds is 4. The molecule has 0 spiro atoms. The van der Waals surface area contributed by atoms with Crippen molar-refractivity contribution < 1.29 is 14.6 Å². The van der Waals surface area contributed by atoms with E-state index in [1.807, 2.05) is 18.2 Å². The fraction of sp³-hybridized carbons (Fsp3) is 0.0714. The molecule has 0 radical (unpaired) electrons. The summed E-state index contributed by atoms with van der Waals surface area (Å²) in [7, 11) is 1.54. The molecule has 0 fully saturated rings. The highest BCUT2D eigenvalue weighted by Crippen LogP contribution is 2.36. The van der Waals surface area contributed by atoms with E-state index in [1.165, 1.54) is 17.8 Å². The Labute approximate surface area is 120 Å². The smallest absolute Gasteiger partial charge is 0.336 e. The Morgan fingerprint density at radius 2 is 1.95 bits per heavy atom. The van der Waals surface area contributed by atoms with E-state index in [9.17, 15) is 9.90 Å². The molecule has 0 aliphatic rings. The van der Waals surface area contributed by atoms with Crippen molar-refractivity contribution in [3.05, 3.63) is 53.1 Å². The summed E-state index contributed by atoms with van der Waals surface area (Å²) < 4.78 is 5.12. The van der Waals surface area contributed by atoms with Crippen molar-refractivity contribution in [2.24, 2.45) is 0 Å². The number of ether oxygens (including phenoxy) is 1. The molecule has 19 heavy (non-hydrogen) atoms. The second kappa shape index (κ2) is 5.99. The SMILES string of the molecule is COc1ccc(C(=O)O)c(Sc2ccccc2Cl)c1. The number of carboxylic acid groups (broad SMARTS) is 1. The van der Waals surface area contributed by atoms with Crippen LogP contribution in [0.5, 0.6) is 5.75 Å². The van der Waals surface area contributed by atoms with Crippen LogP contribution in [0.1, 0.15) is 10.4 Å². The molecular weight excluding hydrogens is 284 g/mol. The molecule has 3 nitrogen and oxygen atoms in total. The van der Waals surface area contributed by atoms with Gasteiger partial charge in [-0.05, 0) is 30.3 Å². The van der Waals surface area contributed by atoms with Gasteiger partial charge in [-0.15, -0.1) is 0 Å². The summed E-state index contributed by atoms with van der Waals surface area (Å²) in [5.41, 5.74) is 0.228. The van der Waals surface area contributed by atoms with Gasteiger partial charge in [0.25, 0.3) is 0 Å². The fourth-order valence-corrected chi connectivity index (χ4v) is 2.78. The normalized spacial score (nSPS) is 10.2. The average Bonchev–Trinajstić information content (AvgIpc) is 2.41. The summed E-state index contributed by atoms with van der Waals surface area (Å²) in [4.78, 5) is 12.6. The van der Waals surface area contributed by atoms with Gasteiger partial charge in [0.1, 0.15) is 5.75 Å². The maximum atomic E-state index is 11.2. The number of halogens is 1. The van der Waals surface area contributed by atoms with E-state index in [0.717, 1.165) is 4.90 Å². The van der Waals surface area contributed by atoms with Gasteiger partial charge in [0.05, 0.1) is 17.7 Å². The lowest BCUT2D eigenvalue weighted by Crippen LogP contribution is -1.99. The molecular formula is C14H11ClO3S. The molecule has 2 aromatic rings. The van der Waals surface area contributed by atoms with Crippen molar-refractivity contribution in [2.45, 2.75) is 9.79 Å². The Morgan fingerprint density at radius 1 is 1.21 bits per heavy atom. The highest BCUT2D eigenvalue weighted by Gasteiger charge is 2.13. The lowest BCUT2D eigenvalue weighted by molar-refractivity contribution is 0.0693. The molecule has 0 aliphatic heterocycles. The topological polar surface area (TPSA) is 46.5 Å². The molecule has 0 heterocycles. The van der Waals surface area contributed by atoms with Crippen molar-refractivity contribution in [3.8, 4) is 5.75 Å². The number of methoxy groups -OCH3 is 1. The van der Waals surface area contributed by atoms with Gasteiger partial charge in [0, 0.05) is 9.79 Å². The van der Waals surface area contributed by atoms with E-state index in [1.54, 1.807) is 25.3 Å². The zero-order chi connectivity index (χ0) is 13.8. The maximum absolute atomic E-state index is 11.2. The Kier molecular flexibility index (Phi) is 4.35. The Morgan fingerprint density at radius 3 is 2.58 bits per heavy atom. The fourth-order valence-electron chi connectivity index (χ4n) is 1.54. The lowest BCUT2D eigenvalue weighted by atomic mass is 10.2. The zero-order valence-electron chi connectivity index (χ0n) is 10.1. The molecule has 0 atom stereocenters. The molecule has 0 aromatic heterocycles. The quantitative estimate of drug-likeness (QED) is 0.918. The van der Waals surface area contributed by atoms with Gasteiger partial charge >= 0.3 is 5.97 Å². The summed E-state index contributed by atoms with van der Waals surface area (Å²) >= 11 is 7.39. The second-order valence-corrected chi connectivity index (χ2v) is 5.19. The number of carboxylic acids is 1. The largest absolute Gasteiger partial charge is 0.497 e. The number of benzene rings is 2. The first kappa shape index (κ1) is 13.8. The number of carbonyl (C=O) groups is 1. The van der Waals surface area contributed by atoms with Crippen LogP contribution in [0.25, 0.3) is 0 Å². The van der Waals surface area contributed by atoms with E-state index < -0.39 is 5.97 Å². The van der Waals surface area contributed by atoms with Gasteiger partial charge in [-0.25, -0.2) is 4.79 Å². The predicted octanol–water partition coefficient (Wildman–Crippen LogP) is 4.20. The van der Waals surface area contributed by atoms with Crippen LogP contribution < -0.4 is 4.74 Å². The van der Waals surface area contributed by atoms with Crippen LogP contribution in [0, 0.1) is 0 Å². The van der Waals surface area contributed by atoms with Gasteiger partial charge in [-0.2, -0.15) is 0 Å².